The molecule has 0 spiro atoms. The fraction of sp³-hybridized carbons (Fsp3) is 0.588. The Morgan fingerprint density at radius 3 is 1.67 bits per heavy atom. The lowest BCUT2D eigenvalue weighted by molar-refractivity contribution is -0.145. The molecule has 0 rings (SSSR count). The molecular weight excluding hydrogens is 450 g/mol. The number of aliphatic hydroxyl groups excluding tert-OH is 1. The number of nitrogens with two attached hydrogens (primary N) is 2. The van der Waals surface area contributed by atoms with E-state index < -0.39 is 97.5 Å². The number of aliphatic carboxylic acids is 3. The van der Waals surface area contributed by atoms with Gasteiger partial charge in [0.15, 0.2) is 0 Å². The number of hydrogen-bond acceptors (Lipinski definition) is 9. The predicted octanol–water partition coefficient (Wildman–Crippen LogP) is -4.55. The Labute approximate surface area is 186 Å². The first-order chi connectivity index (χ1) is 15.1. The van der Waals surface area contributed by atoms with E-state index in [9.17, 15) is 38.7 Å². The van der Waals surface area contributed by atoms with Gasteiger partial charge in [-0.1, -0.05) is 0 Å². The molecule has 5 atom stereocenters. The van der Waals surface area contributed by atoms with E-state index in [1.54, 1.807) is 0 Å². The van der Waals surface area contributed by atoms with Crippen LogP contribution in [-0.2, 0) is 33.6 Å². The second-order valence-electron chi connectivity index (χ2n) is 6.99. The van der Waals surface area contributed by atoms with Gasteiger partial charge >= 0.3 is 17.9 Å². The molecule has 0 heterocycles. The largest absolute Gasteiger partial charge is 0.481 e. The van der Waals surface area contributed by atoms with Gasteiger partial charge in [0.05, 0.1) is 18.9 Å². The molecule has 0 saturated heterocycles. The monoisotopic (exact) mass is 477 g/mol. The van der Waals surface area contributed by atoms with E-state index in [1.165, 1.54) is 6.92 Å². The summed E-state index contributed by atoms with van der Waals surface area (Å²) in [5.74, 6) is -9.12. The predicted molar refractivity (Wildman–Crippen MR) is 106 cm³/mol. The van der Waals surface area contributed by atoms with E-state index in [1.807, 2.05) is 10.6 Å². The lowest BCUT2D eigenvalue weighted by atomic mass is 10.1. The van der Waals surface area contributed by atoms with E-state index >= 15 is 0 Å². The van der Waals surface area contributed by atoms with E-state index in [0.717, 1.165) is 0 Å². The smallest absolute Gasteiger partial charge is 0.326 e. The lowest BCUT2D eigenvalue weighted by Gasteiger charge is -2.24. The van der Waals surface area contributed by atoms with Crippen molar-refractivity contribution in [3.8, 4) is 0 Å². The summed E-state index contributed by atoms with van der Waals surface area (Å²) in [6, 6.07) is -6.74. The SMILES string of the molecule is CC(O)C(N)C(=O)NC(CCC(=O)O)C(=O)NC(CC(=O)O)C(=O)NC(CC(N)=O)C(=O)O. The summed E-state index contributed by atoms with van der Waals surface area (Å²) in [4.78, 5) is 81.1. The van der Waals surface area contributed by atoms with Crippen LogP contribution in [0.25, 0.3) is 0 Å². The van der Waals surface area contributed by atoms with Crippen LogP contribution in [-0.4, -0.2) is 92.2 Å². The van der Waals surface area contributed by atoms with Crippen molar-refractivity contribution in [1.29, 1.82) is 0 Å². The van der Waals surface area contributed by atoms with Crippen LogP contribution in [0.4, 0.5) is 0 Å². The number of rotatable bonds is 15. The van der Waals surface area contributed by atoms with Gasteiger partial charge < -0.3 is 47.8 Å². The fourth-order valence-electron chi connectivity index (χ4n) is 2.35. The van der Waals surface area contributed by atoms with E-state index in [4.69, 9.17) is 26.8 Å². The van der Waals surface area contributed by atoms with Crippen LogP contribution >= 0.6 is 0 Å². The number of carbonyl (C=O) groups is 7. The van der Waals surface area contributed by atoms with Crippen LogP contribution in [0.5, 0.6) is 0 Å². The van der Waals surface area contributed by atoms with Crippen LogP contribution < -0.4 is 27.4 Å². The van der Waals surface area contributed by atoms with Crippen molar-refractivity contribution in [2.75, 3.05) is 0 Å². The molecule has 0 aromatic carbocycles. The molecule has 0 saturated carbocycles. The normalized spacial score (nSPS) is 15.1. The van der Waals surface area contributed by atoms with E-state index in [2.05, 4.69) is 5.32 Å². The minimum absolute atomic E-state index is 0.486. The van der Waals surface area contributed by atoms with Gasteiger partial charge in [0, 0.05) is 6.42 Å². The number of amides is 4. The molecule has 0 bridgehead atoms. The first-order valence-corrected chi connectivity index (χ1v) is 9.45. The topological polar surface area (TPSA) is 289 Å². The van der Waals surface area contributed by atoms with Crippen LogP contribution in [0.3, 0.4) is 0 Å². The number of carbonyl (C=O) groups excluding carboxylic acids is 4. The quantitative estimate of drug-likeness (QED) is 0.108. The van der Waals surface area contributed by atoms with Gasteiger partial charge in [0.25, 0.3) is 0 Å². The van der Waals surface area contributed by atoms with Crippen molar-refractivity contribution >= 4 is 41.5 Å². The van der Waals surface area contributed by atoms with Crippen molar-refractivity contribution in [2.24, 2.45) is 11.5 Å². The minimum atomic E-state index is -1.86. The highest BCUT2D eigenvalue weighted by atomic mass is 16.4. The lowest BCUT2D eigenvalue weighted by Crippen LogP contribution is -2.58. The summed E-state index contributed by atoms with van der Waals surface area (Å²) in [5.41, 5.74) is 10.4. The van der Waals surface area contributed by atoms with Gasteiger partial charge in [-0.3, -0.25) is 28.8 Å². The average Bonchev–Trinajstić information content (AvgIpc) is 2.67. The molecule has 16 heteroatoms. The summed E-state index contributed by atoms with van der Waals surface area (Å²) >= 11 is 0. The van der Waals surface area contributed by atoms with Gasteiger partial charge in [-0.15, -0.1) is 0 Å². The van der Waals surface area contributed by atoms with Gasteiger partial charge in [0.2, 0.25) is 23.6 Å². The number of primary amides is 1. The summed E-state index contributed by atoms with van der Waals surface area (Å²) < 4.78 is 0. The summed E-state index contributed by atoms with van der Waals surface area (Å²) in [7, 11) is 0. The Kier molecular flexibility index (Phi) is 12.0. The average molecular weight is 477 g/mol. The van der Waals surface area contributed by atoms with Gasteiger partial charge in [0.1, 0.15) is 24.2 Å². The maximum atomic E-state index is 12.6. The first kappa shape index (κ1) is 29.2. The summed E-state index contributed by atoms with van der Waals surface area (Å²) in [6.07, 6.45) is -4.26. The number of carboxylic acids is 3. The summed E-state index contributed by atoms with van der Waals surface area (Å²) in [5, 5.41) is 42.3. The Morgan fingerprint density at radius 1 is 0.758 bits per heavy atom. The standard InChI is InChI=1S/C17H27N5O11/c1-6(23)13(19)16(31)20-7(2-3-11(25)26)14(29)21-8(5-12(27)28)15(30)22-9(17(32)33)4-10(18)24/h6-9,13,23H,2-5,19H2,1H3,(H2,18,24)(H,20,31)(H,21,29)(H,22,30)(H,25,26)(H,27,28)(H,32,33). The molecule has 0 aromatic heterocycles. The third-order valence-corrected chi connectivity index (χ3v) is 4.13. The molecule has 186 valence electrons. The van der Waals surface area contributed by atoms with E-state index in [-0.39, 0.29) is 0 Å². The second kappa shape index (κ2) is 13.6. The molecule has 0 aliphatic heterocycles. The molecule has 0 aromatic rings. The van der Waals surface area contributed by atoms with Gasteiger partial charge in [-0.05, 0) is 13.3 Å². The number of carboxylic acid groups (broad SMARTS) is 3. The van der Waals surface area contributed by atoms with Crippen molar-refractivity contribution in [1.82, 2.24) is 16.0 Å². The van der Waals surface area contributed by atoms with Gasteiger partial charge in [-0.25, -0.2) is 4.79 Å². The highest BCUT2D eigenvalue weighted by Gasteiger charge is 2.32. The molecule has 0 aliphatic rings. The van der Waals surface area contributed by atoms with Crippen molar-refractivity contribution in [3.05, 3.63) is 0 Å². The molecule has 4 amide bonds. The van der Waals surface area contributed by atoms with E-state index in [0.29, 0.717) is 0 Å². The zero-order chi connectivity index (χ0) is 25.9. The molecule has 5 unspecified atom stereocenters. The molecule has 16 nitrogen and oxygen atoms in total. The Hall–Kier alpha value is -3.79. The summed E-state index contributed by atoms with van der Waals surface area (Å²) in [6.45, 7) is 1.19. The van der Waals surface area contributed by atoms with Crippen LogP contribution in [0.1, 0.15) is 32.6 Å². The van der Waals surface area contributed by atoms with Gasteiger partial charge in [-0.2, -0.15) is 0 Å². The van der Waals surface area contributed by atoms with Crippen molar-refractivity contribution < 1.29 is 54.0 Å². The Bertz CT molecular complexity index is 785. The highest BCUT2D eigenvalue weighted by Crippen LogP contribution is 2.04. The molecule has 0 fully saturated rings. The van der Waals surface area contributed by atoms with Crippen molar-refractivity contribution in [2.45, 2.75) is 62.9 Å². The third-order valence-electron chi connectivity index (χ3n) is 4.13. The maximum Gasteiger partial charge on any atom is 0.326 e. The van der Waals surface area contributed by atoms with Crippen LogP contribution in [0.2, 0.25) is 0 Å². The highest BCUT2D eigenvalue weighted by molar-refractivity contribution is 5.96. The Morgan fingerprint density at radius 2 is 1.24 bits per heavy atom. The number of hydrogen-bond donors (Lipinski definition) is 9. The second-order valence-corrected chi connectivity index (χ2v) is 6.99. The minimum Gasteiger partial charge on any atom is -0.481 e. The zero-order valence-electron chi connectivity index (χ0n) is 17.5. The fourth-order valence-corrected chi connectivity index (χ4v) is 2.35. The van der Waals surface area contributed by atoms with Crippen LogP contribution in [0, 0.1) is 0 Å². The number of nitrogens with one attached hydrogen (secondary N) is 3. The molecule has 11 N–H and O–H groups in total. The molecule has 0 radical (unpaired) electrons. The first-order valence-electron chi connectivity index (χ1n) is 9.45. The van der Waals surface area contributed by atoms with Crippen LogP contribution in [0.15, 0.2) is 0 Å². The zero-order valence-corrected chi connectivity index (χ0v) is 17.5. The molecule has 0 aliphatic carbocycles. The molecular formula is C17H27N5O11. The number of aliphatic hydroxyl groups is 1. The third kappa shape index (κ3) is 11.4. The molecule has 33 heavy (non-hydrogen) atoms. The maximum absolute atomic E-state index is 12.6. The Balaban J connectivity index is 5.61. The van der Waals surface area contributed by atoms with Crippen molar-refractivity contribution in [3.63, 3.8) is 0 Å².